The molecule has 33 valence electrons. The molecule has 0 nitrogen and oxygen atoms in total. The Balaban J connectivity index is -0.00000000500. The summed E-state index contributed by atoms with van der Waals surface area (Å²) in [6, 6.07) is 0. The van der Waals surface area contributed by atoms with Crippen molar-refractivity contribution < 1.29 is 33.6 Å². The van der Waals surface area contributed by atoms with E-state index in [0.717, 1.165) is 15.4 Å². The van der Waals surface area contributed by atoms with Crippen molar-refractivity contribution in [1.82, 2.24) is 0 Å². The standard InChI is InChI=1S/Al.ClH.Cu.Ni.2H/h;1H;;;;/q+1;;;;;/p-1. The third kappa shape index (κ3) is 9.15. The molecular weight excluding hydrogens is 185 g/mol. The van der Waals surface area contributed by atoms with Gasteiger partial charge in [0.1, 0.15) is 0 Å². The first-order valence-corrected chi connectivity index (χ1v) is 3.40. The van der Waals surface area contributed by atoms with Crippen molar-refractivity contribution in [3.05, 3.63) is 0 Å². The second-order valence-electron chi connectivity index (χ2n) is 0. The molecule has 0 atom stereocenters. The maximum atomic E-state index is 4.78. The zero-order valence-corrected chi connectivity index (χ0v) is 6.68. The Hall–Kier alpha value is 1.84. The van der Waals surface area contributed by atoms with Gasteiger partial charge in [0.25, 0.3) is 0 Å². The Morgan fingerprint density at radius 1 is 1.25 bits per heavy atom. The molecule has 0 rings (SSSR count). The van der Waals surface area contributed by atoms with Gasteiger partial charge in [0.05, 0.1) is 0 Å². The molecule has 0 aliphatic heterocycles. The second-order valence-corrected chi connectivity index (χ2v) is 0. The first kappa shape index (κ1) is 17.0. The molecule has 0 spiro atoms. The largest absolute Gasteiger partial charge is 0.353 e. The van der Waals surface area contributed by atoms with Crippen LogP contribution in [0.3, 0.4) is 0 Å². The van der Waals surface area contributed by atoms with Crippen LogP contribution in [0.15, 0.2) is 0 Å². The Labute approximate surface area is 58.7 Å². The molecule has 0 fully saturated rings. The molecule has 0 aliphatic rings. The van der Waals surface area contributed by atoms with Gasteiger partial charge >= 0.3 is 15.4 Å². The van der Waals surface area contributed by atoms with E-state index in [1.54, 1.807) is 0 Å². The smallest absolute Gasteiger partial charge is 0.273 e. The summed E-state index contributed by atoms with van der Waals surface area (Å²) < 4.78 is 0. The molecule has 0 aromatic carbocycles. The maximum absolute atomic E-state index is 4.78. The van der Waals surface area contributed by atoms with E-state index >= 15 is 0 Å². The Morgan fingerprint density at radius 2 is 1.25 bits per heavy atom. The Kier molecular flexibility index (Phi) is 89.6. The van der Waals surface area contributed by atoms with Crippen LogP contribution in [0, 0.1) is 0 Å². The summed E-state index contributed by atoms with van der Waals surface area (Å²) in [6.07, 6.45) is 0. The van der Waals surface area contributed by atoms with Crippen LogP contribution in [0.4, 0.5) is 0 Å². The van der Waals surface area contributed by atoms with Gasteiger partial charge in [-0.3, -0.25) is 10.0 Å². The van der Waals surface area contributed by atoms with Crippen LogP contribution in [0.2, 0.25) is 0 Å². The fraction of sp³-hybridized carbons (Fsp3) is 0. The van der Waals surface area contributed by atoms with E-state index in [2.05, 4.69) is 0 Å². The molecule has 0 aromatic heterocycles. The number of hydrogen-bond donors (Lipinski definition) is 0. The number of rotatable bonds is 0. The number of halogens is 1. The van der Waals surface area contributed by atoms with E-state index in [1.807, 2.05) is 0 Å². The van der Waals surface area contributed by atoms with Crippen molar-refractivity contribution in [2.75, 3.05) is 0 Å². The zero-order valence-electron chi connectivity index (χ0n) is 2.00. The van der Waals surface area contributed by atoms with Crippen molar-refractivity contribution in [1.29, 1.82) is 0 Å². The van der Waals surface area contributed by atoms with Crippen LogP contribution < -0.4 is 0 Å². The molecule has 4 heavy (non-hydrogen) atoms. The number of hydrogen-bond acceptors (Lipinski definition) is 0. The Morgan fingerprint density at radius 3 is 1.25 bits per heavy atom. The first-order chi connectivity index (χ1) is 1.00. The molecule has 0 heterocycles. The summed E-state index contributed by atoms with van der Waals surface area (Å²) >= 11 is 0.778. The molecule has 0 bridgehead atoms. The average molecular weight is 187 g/mol. The van der Waals surface area contributed by atoms with Gasteiger partial charge in [0, 0.05) is 33.6 Å². The van der Waals surface area contributed by atoms with Crippen molar-refractivity contribution in [3.63, 3.8) is 0 Å². The molecule has 0 unspecified atom stereocenters. The van der Waals surface area contributed by atoms with E-state index in [-0.39, 0.29) is 33.6 Å². The van der Waals surface area contributed by atoms with E-state index in [1.165, 1.54) is 0 Å². The van der Waals surface area contributed by atoms with Crippen molar-refractivity contribution in [3.8, 4) is 0 Å². The minimum atomic E-state index is 0. The summed E-state index contributed by atoms with van der Waals surface area (Å²) in [7, 11) is 4.78. The molecular formula is H2AlClCuNi. The van der Waals surface area contributed by atoms with Gasteiger partial charge in [-0.05, 0) is 0 Å². The van der Waals surface area contributed by atoms with Crippen molar-refractivity contribution in [2.45, 2.75) is 0 Å². The zero-order chi connectivity index (χ0) is 2.00. The minimum Gasteiger partial charge on any atom is -0.273 e. The van der Waals surface area contributed by atoms with E-state index < -0.39 is 0 Å². The van der Waals surface area contributed by atoms with E-state index in [9.17, 15) is 0 Å². The predicted molar refractivity (Wildman–Crippen MR) is 14.4 cm³/mol. The average Bonchev–Trinajstić information content (AvgIpc) is 1.00. The Bertz CT molecular complexity index is 8.00. The molecule has 0 aromatic rings. The van der Waals surface area contributed by atoms with Crippen molar-refractivity contribution in [2.24, 2.45) is 0 Å². The fourth-order valence-electron chi connectivity index (χ4n) is 0. The summed E-state index contributed by atoms with van der Waals surface area (Å²) in [6.45, 7) is 0. The van der Waals surface area contributed by atoms with Gasteiger partial charge in [-0.2, -0.15) is 0 Å². The SMILES string of the molecule is [AlH2][Cl].[Cu].[Ni]. The summed E-state index contributed by atoms with van der Waals surface area (Å²) in [5.41, 5.74) is 0. The molecule has 0 aliphatic carbocycles. The minimum absolute atomic E-state index is 0. The van der Waals surface area contributed by atoms with Crippen LogP contribution in [0.5, 0.6) is 0 Å². The molecule has 0 saturated carbocycles. The van der Waals surface area contributed by atoms with Crippen LogP contribution >= 0.6 is 10.0 Å². The third-order valence-electron chi connectivity index (χ3n) is 0. The maximum Gasteiger partial charge on any atom is 0.353 e. The van der Waals surface area contributed by atoms with Crippen molar-refractivity contribution >= 4 is 25.4 Å². The summed E-state index contributed by atoms with van der Waals surface area (Å²) in [5.74, 6) is 0. The predicted octanol–water partition coefficient (Wildman–Crippen LogP) is -0.232. The van der Waals surface area contributed by atoms with Gasteiger partial charge in [-0.1, -0.05) is 0 Å². The fourth-order valence-corrected chi connectivity index (χ4v) is 0. The molecule has 0 N–H and O–H groups in total. The topological polar surface area (TPSA) is 0 Å². The van der Waals surface area contributed by atoms with Gasteiger partial charge in [0.2, 0.25) is 0 Å². The molecule has 0 saturated heterocycles. The second kappa shape index (κ2) is 21.1. The van der Waals surface area contributed by atoms with Gasteiger partial charge in [-0.15, -0.1) is 0 Å². The molecule has 4 heteroatoms. The summed E-state index contributed by atoms with van der Waals surface area (Å²) in [5, 5.41) is 0. The van der Waals surface area contributed by atoms with E-state index in [0.29, 0.717) is 0 Å². The molecule has 0 amide bonds. The van der Waals surface area contributed by atoms with Gasteiger partial charge in [-0.25, -0.2) is 0 Å². The van der Waals surface area contributed by atoms with E-state index in [4.69, 9.17) is 10.0 Å². The van der Waals surface area contributed by atoms with Gasteiger partial charge < -0.3 is 0 Å². The monoisotopic (exact) mass is 185 g/mol. The molecule has 1 radical (unpaired) electrons. The van der Waals surface area contributed by atoms with Crippen LogP contribution in [-0.2, 0) is 33.6 Å². The quantitative estimate of drug-likeness (QED) is 0.459. The third-order valence-corrected chi connectivity index (χ3v) is 0. The first-order valence-electron chi connectivity index (χ1n) is 0.378. The van der Waals surface area contributed by atoms with Gasteiger partial charge in [0.15, 0.2) is 0 Å². The summed E-state index contributed by atoms with van der Waals surface area (Å²) in [4.78, 5) is 0. The van der Waals surface area contributed by atoms with Crippen LogP contribution in [0.25, 0.3) is 0 Å². The normalized spacial score (nSPS) is 1.25. The van der Waals surface area contributed by atoms with Crippen LogP contribution in [0.1, 0.15) is 0 Å². The van der Waals surface area contributed by atoms with Crippen LogP contribution in [-0.4, -0.2) is 15.4 Å².